The van der Waals surface area contributed by atoms with Crippen molar-refractivity contribution in [3.8, 4) is 0 Å². The van der Waals surface area contributed by atoms with Crippen molar-refractivity contribution in [2.75, 3.05) is 6.54 Å². The van der Waals surface area contributed by atoms with E-state index >= 15 is 0 Å². The van der Waals surface area contributed by atoms with Gasteiger partial charge in [-0.2, -0.15) is 12.6 Å². The summed E-state index contributed by atoms with van der Waals surface area (Å²) in [4.78, 5) is 69.8. The van der Waals surface area contributed by atoms with Gasteiger partial charge in [0.05, 0.1) is 6.10 Å². The van der Waals surface area contributed by atoms with Crippen molar-refractivity contribution in [3.63, 3.8) is 0 Å². The van der Waals surface area contributed by atoms with Crippen molar-refractivity contribution in [3.05, 3.63) is 71.9 Å². The first-order chi connectivity index (χ1) is 24.5. The number of rotatable bonds is 19. The van der Waals surface area contributed by atoms with Crippen LogP contribution in [-0.4, -0.2) is 98.4 Å². The number of aromatic nitrogens is 1. The number of aromatic amines is 1. The molecule has 0 aliphatic carbocycles. The highest BCUT2D eigenvalue weighted by molar-refractivity contribution is 7.81. The van der Waals surface area contributed by atoms with Crippen LogP contribution in [0, 0.1) is 5.41 Å². The van der Waals surface area contributed by atoms with Crippen LogP contribution in [0.3, 0.4) is 0 Å². The standard InChI is InChI=1S/C35H49N9O7S/c1-19(45)27(36)32(49)43-25(16-20-10-5-4-6-11-20)30(47)41-24(14-9-15-39-34(37)38)29(46)42-26(31(48)44-28(33(50)51)35(2,3)52)17-21-18-40-23-13-8-7-12-22(21)23/h4-8,10-13,18-19,24-28,40,45,52H,9,14-17,36H2,1-3H3,(H,41,47)(H,42,46)(H,43,49)(H,44,48)(H,50,51)(H4,37,38,39)/t19-,24+,25-,26+,27+,28-/m1/s1. The number of carbonyl (C=O) groups excluding carboxylic acids is 4. The SMILES string of the molecule is C[C@@H](O)[C@H](N)C(=O)N[C@H](Cc1ccccc1)C(=O)N[C@@H](CCCNC(=N)N)C(=O)N[C@@H](Cc1c[nH]c2ccccc12)C(=O)N[C@H](C(=O)O)C(C)(C)S. The number of carboxylic acid groups (broad SMARTS) is 1. The van der Waals surface area contributed by atoms with Gasteiger partial charge in [0.1, 0.15) is 30.2 Å². The molecule has 0 saturated carbocycles. The third-order valence-corrected chi connectivity index (χ3v) is 8.59. The van der Waals surface area contributed by atoms with Gasteiger partial charge in [0, 0.05) is 41.2 Å². The van der Waals surface area contributed by atoms with Crippen LogP contribution in [0.1, 0.15) is 44.7 Å². The highest BCUT2D eigenvalue weighted by Gasteiger charge is 2.37. The van der Waals surface area contributed by atoms with Crippen LogP contribution < -0.4 is 38.1 Å². The minimum Gasteiger partial charge on any atom is -0.480 e. The van der Waals surface area contributed by atoms with Gasteiger partial charge >= 0.3 is 5.97 Å². The Kier molecular flexibility index (Phi) is 15.0. The molecular formula is C35H49N9O7S. The Bertz CT molecular complexity index is 1710. The lowest BCUT2D eigenvalue weighted by Crippen LogP contribution is -2.60. The number of fused-ring (bicyclic) bond motifs is 1. The number of H-pyrrole nitrogens is 1. The summed E-state index contributed by atoms with van der Waals surface area (Å²) in [5, 5.41) is 41.1. The van der Waals surface area contributed by atoms with Crippen molar-refractivity contribution in [2.45, 2.75) is 87.5 Å². The Hall–Kier alpha value is -5.13. The molecule has 1 aromatic heterocycles. The van der Waals surface area contributed by atoms with Gasteiger partial charge in [0.25, 0.3) is 0 Å². The Balaban J connectivity index is 1.94. The van der Waals surface area contributed by atoms with Gasteiger partial charge in [0.2, 0.25) is 23.6 Å². The highest BCUT2D eigenvalue weighted by atomic mass is 32.1. The van der Waals surface area contributed by atoms with Crippen molar-refractivity contribution in [1.29, 1.82) is 5.41 Å². The van der Waals surface area contributed by atoms with Crippen molar-refractivity contribution in [2.24, 2.45) is 11.5 Å². The van der Waals surface area contributed by atoms with E-state index in [0.717, 1.165) is 10.9 Å². The number of aliphatic carboxylic acids is 1. The second kappa shape index (κ2) is 18.9. The molecule has 3 aromatic rings. The summed E-state index contributed by atoms with van der Waals surface area (Å²) in [5.41, 5.74) is 13.4. The minimum atomic E-state index is -1.42. The number of aliphatic hydroxyl groups excluding tert-OH is 1. The summed E-state index contributed by atoms with van der Waals surface area (Å²) in [5.74, 6) is -4.70. The lowest BCUT2D eigenvalue weighted by molar-refractivity contribution is -0.143. The number of aliphatic hydroxyl groups is 1. The zero-order valence-electron chi connectivity index (χ0n) is 29.3. The molecule has 2 aromatic carbocycles. The predicted molar refractivity (Wildman–Crippen MR) is 199 cm³/mol. The number of hydrogen-bond donors (Lipinski definition) is 12. The highest BCUT2D eigenvalue weighted by Crippen LogP contribution is 2.21. The molecule has 0 saturated heterocycles. The van der Waals surface area contributed by atoms with E-state index in [1.54, 1.807) is 36.5 Å². The maximum absolute atomic E-state index is 14.1. The zero-order chi connectivity index (χ0) is 38.6. The molecule has 3 rings (SSSR count). The molecule has 16 nitrogen and oxygen atoms in total. The Morgan fingerprint density at radius 1 is 0.865 bits per heavy atom. The smallest absolute Gasteiger partial charge is 0.327 e. The monoisotopic (exact) mass is 739 g/mol. The van der Waals surface area contributed by atoms with Gasteiger partial charge in [-0.25, -0.2) is 4.79 Å². The molecular weight excluding hydrogens is 691 g/mol. The number of thiol groups is 1. The molecule has 0 fully saturated rings. The first kappa shape index (κ1) is 41.3. The van der Waals surface area contributed by atoms with Crippen LogP contribution in [0.25, 0.3) is 10.9 Å². The number of amides is 4. The number of guanidine groups is 1. The summed E-state index contributed by atoms with van der Waals surface area (Å²) >= 11 is 4.36. The summed E-state index contributed by atoms with van der Waals surface area (Å²) in [6, 6.07) is 9.60. The van der Waals surface area contributed by atoms with Crippen LogP contribution in [0.4, 0.5) is 0 Å². The van der Waals surface area contributed by atoms with Gasteiger partial charge < -0.3 is 53.2 Å². The van der Waals surface area contributed by atoms with E-state index in [1.165, 1.54) is 20.8 Å². The van der Waals surface area contributed by atoms with Gasteiger partial charge in [-0.3, -0.25) is 24.6 Å². The number of hydrogen-bond acceptors (Lipinski definition) is 9. The lowest BCUT2D eigenvalue weighted by atomic mass is 10.00. The van der Waals surface area contributed by atoms with E-state index in [0.29, 0.717) is 11.1 Å². The number of nitrogens with two attached hydrogens (primary N) is 2. The third-order valence-electron chi connectivity index (χ3n) is 8.33. The maximum atomic E-state index is 14.1. The molecule has 52 heavy (non-hydrogen) atoms. The third kappa shape index (κ3) is 12.3. The molecule has 1 heterocycles. The van der Waals surface area contributed by atoms with E-state index in [4.69, 9.17) is 16.9 Å². The first-order valence-corrected chi connectivity index (χ1v) is 17.2. The Morgan fingerprint density at radius 3 is 2.04 bits per heavy atom. The molecule has 0 aliphatic heterocycles. The molecule has 13 N–H and O–H groups in total. The second-order valence-electron chi connectivity index (χ2n) is 13.1. The molecule has 6 atom stereocenters. The van der Waals surface area contributed by atoms with Crippen LogP contribution in [0.2, 0.25) is 0 Å². The molecule has 0 bridgehead atoms. The molecule has 0 aliphatic rings. The number of nitrogens with one attached hydrogen (secondary N) is 7. The fourth-order valence-corrected chi connectivity index (χ4v) is 5.58. The van der Waals surface area contributed by atoms with E-state index < -0.39 is 70.7 Å². The average Bonchev–Trinajstić information content (AvgIpc) is 3.49. The minimum absolute atomic E-state index is 0.0138. The molecule has 0 unspecified atom stereocenters. The molecule has 282 valence electrons. The van der Waals surface area contributed by atoms with Crippen molar-refractivity contribution in [1.82, 2.24) is 31.6 Å². The summed E-state index contributed by atoms with van der Waals surface area (Å²) < 4.78 is -1.17. The van der Waals surface area contributed by atoms with Crippen molar-refractivity contribution >= 4 is 59.1 Å². The van der Waals surface area contributed by atoms with E-state index in [2.05, 4.69) is 44.2 Å². The number of carbonyl (C=O) groups is 5. The summed E-state index contributed by atoms with van der Waals surface area (Å²) in [6.07, 6.45) is 0.719. The fourth-order valence-electron chi connectivity index (χ4n) is 5.40. The van der Waals surface area contributed by atoms with E-state index in [-0.39, 0.29) is 38.2 Å². The van der Waals surface area contributed by atoms with E-state index in [9.17, 15) is 34.2 Å². The van der Waals surface area contributed by atoms with Gasteiger partial charge in [0.15, 0.2) is 5.96 Å². The maximum Gasteiger partial charge on any atom is 0.327 e. The lowest BCUT2D eigenvalue weighted by Gasteiger charge is -2.30. The second-order valence-corrected chi connectivity index (χ2v) is 14.3. The van der Waals surface area contributed by atoms with Crippen LogP contribution in [-0.2, 0) is 36.8 Å². The van der Waals surface area contributed by atoms with Gasteiger partial charge in [-0.1, -0.05) is 48.5 Å². The summed E-state index contributed by atoms with van der Waals surface area (Å²) in [7, 11) is 0. The normalized spacial score (nSPS) is 14.9. The van der Waals surface area contributed by atoms with Crippen molar-refractivity contribution < 1.29 is 34.2 Å². The van der Waals surface area contributed by atoms with E-state index in [1.807, 2.05) is 24.3 Å². The predicted octanol–water partition coefficient (Wildman–Crippen LogP) is -0.343. The molecule has 4 amide bonds. The summed E-state index contributed by atoms with van der Waals surface area (Å²) in [6.45, 7) is 4.58. The largest absolute Gasteiger partial charge is 0.480 e. The Morgan fingerprint density at radius 2 is 1.42 bits per heavy atom. The Labute approximate surface area is 307 Å². The number of carboxylic acids is 1. The topological polar surface area (TPSA) is 278 Å². The zero-order valence-corrected chi connectivity index (χ0v) is 30.2. The number of para-hydroxylation sites is 1. The molecule has 0 radical (unpaired) electrons. The fraction of sp³-hybridized carbons (Fsp3) is 0.429. The van der Waals surface area contributed by atoms with Crippen LogP contribution >= 0.6 is 12.6 Å². The van der Waals surface area contributed by atoms with Gasteiger partial charge in [-0.15, -0.1) is 0 Å². The quantitative estimate of drug-likeness (QED) is 0.0329. The molecule has 0 spiro atoms. The molecule has 17 heteroatoms. The van der Waals surface area contributed by atoms with Gasteiger partial charge in [-0.05, 0) is 50.8 Å². The van der Waals surface area contributed by atoms with Crippen LogP contribution in [0.15, 0.2) is 60.8 Å². The first-order valence-electron chi connectivity index (χ1n) is 16.7. The number of benzene rings is 2. The van der Waals surface area contributed by atoms with Crippen LogP contribution in [0.5, 0.6) is 0 Å². The average molecular weight is 740 g/mol.